The molecule has 142 heavy (non-hydrogen) atoms. The van der Waals surface area contributed by atoms with Crippen LogP contribution in [0.5, 0.6) is 23.0 Å². The Morgan fingerprint density at radius 1 is 0.352 bits per heavy atom. The first-order valence-electron chi connectivity index (χ1n) is 39.7. The molecule has 0 bridgehead atoms. The van der Waals surface area contributed by atoms with Gasteiger partial charge in [-0.15, -0.1) is 0 Å². The van der Waals surface area contributed by atoms with Gasteiger partial charge in [-0.1, -0.05) is 146 Å². The number of esters is 5. The molecule has 0 atom stereocenters. The first kappa shape index (κ1) is 117. The van der Waals surface area contributed by atoms with Crippen molar-refractivity contribution in [2.45, 2.75) is 74.2 Å². The quantitative estimate of drug-likeness (QED) is 0.00412. The molecule has 51 heteroatoms. The topological polar surface area (TPSA) is 622 Å². The largest absolute Gasteiger partial charge is 0.508 e. The highest BCUT2D eigenvalue weighted by Crippen LogP contribution is 2.28. The number of thioether (sulfide) groups is 3. The number of nitrogens with two attached hydrogens (primary N) is 2. The molecular weight excluding hydrogens is 2000 g/mol. The van der Waals surface area contributed by atoms with Crippen LogP contribution in [0, 0.1) is 0 Å². The minimum absolute atomic E-state index is 0. The molecule has 0 aliphatic carbocycles. The molecule has 0 unspecified atom stereocenters. The molecule has 0 saturated carbocycles. The number of anilines is 12. The lowest BCUT2D eigenvalue weighted by atomic mass is 10.2. The average molecular weight is 2100 g/mol. The van der Waals surface area contributed by atoms with Gasteiger partial charge in [0.1, 0.15) is 102 Å². The summed E-state index contributed by atoms with van der Waals surface area (Å²) in [6.45, 7) is 1.75. The Labute approximate surface area is 845 Å². The number of carbonyl (C=O) groups is 5. The number of nitrogen functional groups attached to an aromatic ring is 1. The number of aromatic hydroxyl groups is 4. The number of phenolic OH excluding ortho intramolecular Hbond substituents is 4. The second-order valence-electron chi connectivity index (χ2n) is 27.4. The Morgan fingerprint density at radius 2 is 0.627 bits per heavy atom. The number of nitrogens with zero attached hydrogens (tertiary/aromatic N) is 15. The van der Waals surface area contributed by atoms with E-state index in [0.717, 1.165) is 41.0 Å². The minimum atomic E-state index is -3.73. The summed E-state index contributed by atoms with van der Waals surface area (Å²) in [6, 6.07) is 50.3. The summed E-state index contributed by atoms with van der Waals surface area (Å²) in [5, 5.41) is 70.2. The van der Waals surface area contributed by atoms with Gasteiger partial charge < -0.3 is 92.7 Å². The van der Waals surface area contributed by atoms with Gasteiger partial charge in [-0.05, 0) is 144 Å². The highest BCUT2D eigenvalue weighted by atomic mass is 35.5. The molecule has 0 radical (unpaired) electrons. The van der Waals surface area contributed by atoms with Gasteiger partial charge in [0.2, 0.25) is 25.5 Å². The van der Waals surface area contributed by atoms with Crippen LogP contribution in [0.25, 0.3) is 0 Å². The first-order chi connectivity index (χ1) is 66.4. The van der Waals surface area contributed by atoms with Crippen LogP contribution < -0.4 is 53.4 Å². The Balaban J connectivity index is 0.000000303. The number of ether oxygens (including phenoxy) is 5. The average Bonchev–Trinajstić information content (AvgIpc) is 0.818. The fraction of sp³-hybridized carbons (Fsp3) is 0.187. The van der Waals surface area contributed by atoms with Gasteiger partial charge in [-0.2, -0.15) is 4.98 Å². The Hall–Kier alpha value is -15.4. The van der Waals surface area contributed by atoms with Crippen molar-refractivity contribution in [1.29, 1.82) is 0 Å². The van der Waals surface area contributed by atoms with Crippen molar-refractivity contribution < 1.29 is 94.9 Å². The number of hydrogen-bond acceptors (Lipinski definition) is 45. The van der Waals surface area contributed by atoms with E-state index in [1.165, 1.54) is 150 Å². The normalized spacial score (nSPS) is 10.2. The van der Waals surface area contributed by atoms with Gasteiger partial charge in [0, 0.05) is 99.9 Å². The Morgan fingerprint density at radius 3 is 0.937 bits per heavy atom. The number of halogens is 3. The van der Waals surface area contributed by atoms with E-state index in [2.05, 4.69) is 131 Å². The molecule has 14 aromatic rings. The maximum Gasteiger partial charge on any atom is 0.341 e. The van der Waals surface area contributed by atoms with Crippen LogP contribution in [0.4, 0.5) is 69.8 Å². The predicted molar refractivity (Wildman–Crippen MR) is 544 cm³/mol. The minimum Gasteiger partial charge on any atom is -0.508 e. The summed E-state index contributed by atoms with van der Waals surface area (Å²) in [5.41, 5.74) is 15.9. The molecule has 14 rings (SSSR count). The van der Waals surface area contributed by atoms with Gasteiger partial charge in [-0.25, -0.2) is 111 Å². The lowest BCUT2D eigenvalue weighted by Crippen LogP contribution is -2.34. The molecule has 10 aromatic heterocycles. The van der Waals surface area contributed by atoms with Crippen LogP contribution in [0.15, 0.2) is 245 Å². The van der Waals surface area contributed by atoms with E-state index in [1.54, 1.807) is 121 Å². The van der Waals surface area contributed by atoms with Crippen molar-refractivity contribution in [3.05, 3.63) is 285 Å². The second-order valence-corrected chi connectivity index (χ2v) is 34.7. The van der Waals surface area contributed by atoms with E-state index in [4.69, 9.17) is 51.4 Å². The van der Waals surface area contributed by atoms with Crippen molar-refractivity contribution in [2.75, 3.05) is 110 Å². The molecule has 4 aromatic carbocycles. The summed E-state index contributed by atoms with van der Waals surface area (Å²) >= 11 is 21.3. The molecule has 0 aliphatic heterocycles. The summed E-state index contributed by atoms with van der Waals surface area (Å²) in [4.78, 5) is 114. The Bertz CT molecular complexity index is 6690. The molecule has 43 nitrogen and oxygen atoms in total. The van der Waals surface area contributed by atoms with Crippen molar-refractivity contribution in [2.24, 2.45) is 5.73 Å². The van der Waals surface area contributed by atoms with Crippen molar-refractivity contribution >= 4 is 189 Å². The van der Waals surface area contributed by atoms with Gasteiger partial charge >= 0.3 is 35.7 Å². The Kier molecular flexibility index (Phi) is 48.2. The molecule has 0 amide bonds. The fourth-order valence-corrected chi connectivity index (χ4v) is 13.3. The zero-order chi connectivity index (χ0) is 101. The number of pyridine rings is 5. The van der Waals surface area contributed by atoms with Crippen molar-refractivity contribution in [3.63, 3.8) is 0 Å². The van der Waals surface area contributed by atoms with E-state index in [1.807, 2.05) is 30.9 Å². The zero-order valence-electron chi connectivity index (χ0n) is 75.1. The van der Waals surface area contributed by atoms with Crippen LogP contribution in [0.3, 0.4) is 0 Å². The van der Waals surface area contributed by atoms with Crippen LogP contribution in [-0.2, 0) is 69.5 Å². The first-order valence-corrected chi connectivity index (χ1v) is 48.3. The predicted octanol–water partition coefficient (Wildman–Crippen LogP) is 15.3. The van der Waals surface area contributed by atoms with Crippen LogP contribution in [0.1, 0.15) is 96.3 Å². The maximum atomic E-state index is 12.0. The summed E-state index contributed by atoms with van der Waals surface area (Å²) < 4.78 is 71.6. The molecule has 0 saturated heterocycles. The van der Waals surface area contributed by atoms with E-state index in [0.29, 0.717) is 119 Å². The molecule has 10 heterocycles. The van der Waals surface area contributed by atoms with Crippen LogP contribution in [0.2, 0.25) is 15.5 Å². The maximum absolute atomic E-state index is 12.0. The van der Waals surface area contributed by atoms with Crippen LogP contribution >= 0.6 is 70.1 Å². The number of sulfone groups is 2. The third kappa shape index (κ3) is 39.8. The van der Waals surface area contributed by atoms with Crippen LogP contribution in [-0.4, -0.2) is 209 Å². The monoisotopic (exact) mass is 2100 g/mol. The molecule has 0 aliphatic rings. The summed E-state index contributed by atoms with van der Waals surface area (Å²) in [7, 11) is -0.937. The number of hydrogen-bond donors (Lipinski definition) is 14. The number of carbonyl (C=O) groups excluding carboxylic acids is 5. The number of aromatic nitrogens is 15. The molecular formula is C91H102Cl3N24O19S5+. The lowest BCUT2D eigenvalue weighted by Gasteiger charge is -2.11. The highest BCUT2D eigenvalue weighted by molar-refractivity contribution is 7.98. The van der Waals surface area contributed by atoms with Gasteiger partial charge in [-0.3, -0.25) is 0 Å². The van der Waals surface area contributed by atoms with Gasteiger partial charge in [0.05, 0.1) is 57.8 Å². The third-order valence-electron chi connectivity index (χ3n) is 17.2. The van der Waals surface area contributed by atoms with E-state index < -0.39 is 54.7 Å². The van der Waals surface area contributed by atoms with Gasteiger partial charge in [0.15, 0.2) is 21.7 Å². The smallest absolute Gasteiger partial charge is 0.341 e. The van der Waals surface area contributed by atoms with E-state index >= 15 is 0 Å². The van der Waals surface area contributed by atoms with E-state index in [9.17, 15) is 61.3 Å². The number of methoxy groups -OCH3 is 5. The molecule has 0 fully saturated rings. The van der Waals surface area contributed by atoms with E-state index in [-0.39, 0.29) is 90.7 Å². The molecule has 16 N–H and O–H groups in total. The fourth-order valence-electron chi connectivity index (χ4n) is 10.3. The number of rotatable bonds is 28. The van der Waals surface area contributed by atoms with Gasteiger partial charge in [0.25, 0.3) is 10.3 Å². The third-order valence-corrected chi connectivity index (χ3v) is 21.1. The number of benzene rings is 4. The molecule has 0 spiro atoms. The summed E-state index contributed by atoms with van der Waals surface area (Å²) in [6.07, 6.45) is 14.3. The highest BCUT2D eigenvalue weighted by Gasteiger charge is 2.22. The van der Waals surface area contributed by atoms with Crippen molar-refractivity contribution in [1.82, 2.24) is 69.8 Å². The van der Waals surface area contributed by atoms with Crippen molar-refractivity contribution in [3.8, 4) is 23.0 Å². The second kappa shape index (κ2) is 58.5. The standard InChI is InChI=1S/C19H19N5O6S.C19H19N5O5S.C19H19N5O3S.C12H11ClN4O2S.C7H8N2O2.C7H9NO.C5H4Cl2N2S.3CH4/c1-30-18(26)13-5-8-17(24(27)11-13)21-16-9-15(22-19(23-16)31(2,28)29)20-10-12-3-6-14(25)7-4-12;1-29-18(26)13-5-8-15(21-11-13)22-17-9-16(23-19(24-17)30(2,27)28)20-10-12-3-6-14(25)7-4-12;1-27-18(26)13-5-8-15(21-11-13)22-17-9-16(23-19(24-17)28-2)20-10-12-3-6-14(25)7-4-12;1-19-11(18)7-3-4-9(14-6-7)16-10-5-8(13)15-12(17-10)20-2;1-11-7(10)5-2-3-6(8)9-4-5;8-5-6-1-3-7(9)4-2-6;1-10-5-8-3(6)2-4(7)9-5;;;/h3-9,11,27H,10H2,1-2H3,(H2,20,22,23,25);3-9,11,25H,10H2,1-2H3,(H2,20,21,22,23,24);3-9,11,25H,10H2,1-2H3,(H2,20,21,22,23,24);3-6H,1-2H3,(H,14,15,16,17);2-4H,1H3,(H2,8,9);1-4,9H,5,8H2;2H,1H3;3*1H4/p+1. The number of nitrogens with one attached hydrogen (secondary N) is 7. The number of phenols is 4. The molecule has 750 valence electrons. The summed E-state index contributed by atoms with van der Waals surface area (Å²) in [5.74, 6) is 2.89. The zero-order valence-corrected chi connectivity index (χ0v) is 81.5. The lowest BCUT2D eigenvalue weighted by molar-refractivity contribution is -0.893. The SMILES string of the molecule is C.C.C.COC(=O)c1ccc(N)nc1.COC(=O)c1ccc(Nc2cc(Cl)nc(SC)n2)nc1.COC(=O)c1ccc(Nc2cc(NCc3ccc(O)cc3)nc(S(C)(=O)=O)n2)[n+](O)c1.COC(=O)c1ccc(Nc2cc(NCc3ccc(O)cc3)nc(S(C)(=O)=O)n2)nc1.COC(=O)c1ccc(Nc2cc(NCc3ccc(O)cc3)nc(SC)n2)nc1.CSc1nc(Cl)cc(Cl)n1.NCc1ccc(O)cc1.